The fraction of sp³-hybridized carbons (Fsp3) is 0.143. The van der Waals surface area contributed by atoms with Crippen molar-refractivity contribution in [3.63, 3.8) is 0 Å². The first-order chi connectivity index (χ1) is 14.9. The van der Waals surface area contributed by atoms with Gasteiger partial charge in [-0.1, -0.05) is 112 Å². The van der Waals surface area contributed by atoms with Gasteiger partial charge in [-0.05, 0) is 44.5 Å². The Morgan fingerprint density at radius 3 is 0.633 bits per heavy atom. The van der Waals surface area contributed by atoms with Gasteiger partial charge in [-0.3, -0.25) is 0 Å². The summed E-state index contributed by atoms with van der Waals surface area (Å²) in [6.45, 7) is 0. The van der Waals surface area contributed by atoms with Gasteiger partial charge >= 0.3 is 0 Å². The topological polar surface area (TPSA) is 0 Å². The lowest BCUT2D eigenvalue weighted by atomic mass is 9.84. The second-order valence-electron chi connectivity index (χ2n) is 8.89. The largest absolute Gasteiger partial charge is 0.0619 e. The van der Waals surface area contributed by atoms with Crippen LogP contribution in [-0.2, 0) is 0 Å². The third kappa shape index (κ3) is 1.79. The Bertz CT molecular complexity index is 1060. The molecule has 4 aromatic carbocycles. The van der Waals surface area contributed by atoms with Crippen LogP contribution >= 0.6 is 15.2 Å². The maximum atomic E-state index is 2.44. The molecule has 0 saturated carbocycles. The zero-order valence-corrected chi connectivity index (χ0v) is 18.2. The minimum atomic E-state index is -0.155. The van der Waals surface area contributed by atoms with Crippen LogP contribution in [0.1, 0.15) is 67.1 Å². The first-order valence-corrected chi connectivity index (χ1v) is 14.5. The Hall–Kier alpha value is -2.26. The standard InChI is InChI=1S/C28H20P2/c1-2-10-18-17(9-1)25-19-11-3-4-12-20(19)26(18)30-28-23-15-7-5-13-21(23)27(29(25)30)22-14-6-8-16-24(22)28/h1-16,25-28H. The molecule has 0 aromatic heterocycles. The molecule has 30 heavy (non-hydrogen) atoms. The first kappa shape index (κ1) is 16.4. The summed E-state index contributed by atoms with van der Waals surface area (Å²) in [6.07, 6.45) is 0. The van der Waals surface area contributed by atoms with Crippen LogP contribution in [0.2, 0.25) is 0 Å². The second-order valence-corrected chi connectivity index (χ2v) is 15.2. The molecule has 2 aliphatic carbocycles. The number of hydrogen-bond donors (Lipinski definition) is 0. The van der Waals surface area contributed by atoms with Gasteiger partial charge in [0.1, 0.15) is 0 Å². The van der Waals surface area contributed by atoms with Gasteiger partial charge in [-0.25, -0.2) is 0 Å². The molecule has 142 valence electrons. The average molecular weight is 418 g/mol. The fourth-order valence-electron chi connectivity index (χ4n) is 6.68. The van der Waals surface area contributed by atoms with Crippen molar-refractivity contribution >= 4 is 15.2 Å². The molecule has 0 spiro atoms. The van der Waals surface area contributed by atoms with Gasteiger partial charge in [0.2, 0.25) is 0 Å². The van der Waals surface area contributed by atoms with E-state index >= 15 is 0 Å². The highest BCUT2D eigenvalue weighted by Gasteiger charge is 2.60. The smallest absolute Gasteiger partial charge is 0.0345 e. The molecule has 0 amide bonds. The van der Waals surface area contributed by atoms with Gasteiger partial charge in [0.25, 0.3) is 0 Å². The second kappa shape index (κ2) is 5.70. The van der Waals surface area contributed by atoms with Crippen LogP contribution in [0.4, 0.5) is 0 Å². The van der Waals surface area contributed by atoms with Gasteiger partial charge < -0.3 is 0 Å². The van der Waals surface area contributed by atoms with E-state index in [1.165, 1.54) is 0 Å². The molecular weight excluding hydrogens is 398 g/mol. The molecule has 4 aromatic rings. The Morgan fingerprint density at radius 2 is 0.467 bits per heavy atom. The molecule has 4 heterocycles. The van der Waals surface area contributed by atoms with E-state index < -0.39 is 0 Å². The van der Waals surface area contributed by atoms with Crippen LogP contribution in [0.25, 0.3) is 0 Å². The monoisotopic (exact) mass is 418 g/mol. The minimum Gasteiger partial charge on any atom is -0.0619 e. The van der Waals surface area contributed by atoms with Crippen molar-refractivity contribution in [2.75, 3.05) is 0 Å². The zero-order chi connectivity index (χ0) is 19.4. The third-order valence-electron chi connectivity index (χ3n) is 7.67. The van der Waals surface area contributed by atoms with E-state index in [2.05, 4.69) is 97.1 Å². The van der Waals surface area contributed by atoms with Crippen molar-refractivity contribution in [1.29, 1.82) is 0 Å². The Morgan fingerprint density at radius 1 is 0.300 bits per heavy atom. The number of rotatable bonds is 0. The van der Waals surface area contributed by atoms with Crippen LogP contribution < -0.4 is 0 Å². The highest BCUT2D eigenvalue weighted by molar-refractivity contribution is 8.31. The first-order valence-electron chi connectivity index (χ1n) is 10.9. The molecule has 4 aliphatic heterocycles. The van der Waals surface area contributed by atoms with E-state index in [4.69, 9.17) is 0 Å². The van der Waals surface area contributed by atoms with Gasteiger partial charge in [0, 0.05) is 22.6 Å². The summed E-state index contributed by atoms with van der Waals surface area (Å²) in [7, 11) is -0.311. The minimum absolute atomic E-state index is 0.155. The van der Waals surface area contributed by atoms with Crippen molar-refractivity contribution in [3.05, 3.63) is 142 Å². The molecule has 4 bridgehead atoms. The van der Waals surface area contributed by atoms with Crippen molar-refractivity contribution < 1.29 is 0 Å². The summed E-state index contributed by atoms with van der Waals surface area (Å²) in [4.78, 5) is 0. The van der Waals surface area contributed by atoms with Crippen LogP contribution in [0, 0.1) is 0 Å². The summed E-state index contributed by atoms with van der Waals surface area (Å²) < 4.78 is 0. The fourth-order valence-corrected chi connectivity index (χ4v) is 18.7. The van der Waals surface area contributed by atoms with Crippen molar-refractivity contribution in [2.45, 2.75) is 22.6 Å². The molecule has 0 fully saturated rings. The normalized spacial score (nSPS) is 30.7. The Labute approximate surface area is 179 Å². The quantitative estimate of drug-likeness (QED) is 0.252. The molecule has 0 unspecified atom stereocenters. The predicted molar refractivity (Wildman–Crippen MR) is 127 cm³/mol. The lowest BCUT2D eigenvalue weighted by Crippen LogP contribution is -2.32. The lowest BCUT2D eigenvalue weighted by molar-refractivity contribution is 0.864. The van der Waals surface area contributed by atoms with Crippen LogP contribution in [-0.4, -0.2) is 0 Å². The summed E-state index contributed by atoms with van der Waals surface area (Å²) in [6, 6.07) is 37.7. The third-order valence-corrected chi connectivity index (χ3v) is 16.9. The van der Waals surface area contributed by atoms with Crippen LogP contribution in [0.15, 0.2) is 97.1 Å². The molecule has 0 radical (unpaired) electrons. The molecule has 0 saturated heterocycles. The lowest BCUT2D eigenvalue weighted by Gasteiger charge is -2.61. The molecule has 10 rings (SSSR count). The number of hydrogen-bond acceptors (Lipinski definition) is 0. The maximum Gasteiger partial charge on any atom is 0.0345 e. The van der Waals surface area contributed by atoms with Gasteiger partial charge in [0.15, 0.2) is 0 Å². The van der Waals surface area contributed by atoms with Crippen LogP contribution in [0.3, 0.4) is 0 Å². The Kier molecular flexibility index (Phi) is 3.12. The number of benzene rings is 4. The SMILES string of the molecule is c1ccc2c(c1)C1c3ccccc3C2P2C3c4ccccc4C(c4ccccc43)P12. The van der Waals surface area contributed by atoms with Crippen molar-refractivity contribution in [3.8, 4) is 0 Å². The zero-order valence-electron chi connectivity index (χ0n) is 16.4. The molecule has 0 N–H and O–H groups in total. The van der Waals surface area contributed by atoms with Gasteiger partial charge in [-0.15, -0.1) is 0 Å². The highest BCUT2D eigenvalue weighted by atomic mass is 32.1. The molecular formula is C28H20P2. The van der Waals surface area contributed by atoms with Crippen molar-refractivity contribution in [1.82, 2.24) is 0 Å². The average Bonchev–Trinajstić information content (AvgIpc) is 2.83. The summed E-state index contributed by atoms with van der Waals surface area (Å²) in [5.41, 5.74) is 15.4. The van der Waals surface area contributed by atoms with E-state index in [-0.39, 0.29) is 15.2 Å². The predicted octanol–water partition coefficient (Wildman–Crippen LogP) is 8.28. The molecule has 0 atom stereocenters. The van der Waals surface area contributed by atoms with Gasteiger partial charge in [0.05, 0.1) is 0 Å². The van der Waals surface area contributed by atoms with Crippen molar-refractivity contribution in [2.24, 2.45) is 0 Å². The molecule has 0 nitrogen and oxygen atoms in total. The molecule has 2 heteroatoms. The summed E-state index contributed by atoms with van der Waals surface area (Å²) >= 11 is 0. The van der Waals surface area contributed by atoms with Crippen LogP contribution in [0.5, 0.6) is 0 Å². The van der Waals surface area contributed by atoms with E-state index in [9.17, 15) is 0 Å². The maximum absolute atomic E-state index is 2.44. The summed E-state index contributed by atoms with van der Waals surface area (Å²) in [5, 5.41) is 0. The Balaban J connectivity index is 1.50. The highest BCUT2D eigenvalue weighted by Crippen LogP contribution is 3.01. The summed E-state index contributed by atoms with van der Waals surface area (Å²) in [5.74, 6) is 0. The molecule has 6 aliphatic rings. The van der Waals surface area contributed by atoms with E-state index in [0.29, 0.717) is 22.6 Å². The van der Waals surface area contributed by atoms with E-state index in [1.54, 1.807) is 44.5 Å². The van der Waals surface area contributed by atoms with E-state index in [1.807, 2.05) is 0 Å². The van der Waals surface area contributed by atoms with Gasteiger partial charge in [-0.2, -0.15) is 0 Å². The van der Waals surface area contributed by atoms with E-state index in [0.717, 1.165) is 0 Å².